The summed E-state index contributed by atoms with van der Waals surface area (Å²) in [6.45, 7) is 0.442. The molecule has 0 fully saturated rings. The van der Waals surface area contributed by atoms with Crippen LogP contribution in [0.3, 0.4) is 0 Å². The fraction of sp³-hybridized carbons (Fsp3) is 0.286. The highest BCUT2D eigenvalue weighted by Gasteiger charge is 2.36. The van der Waals surface area contributed by atoms with Crippen molar-refractivity contribution in [2.75, 3.05) is 23.4 Å². The number of benzene rings is 1. The molecule has 1 amide bonds. The third-order valence-corrected chi connectivity index (χ3v) is 5.55. The van der Waals surface area contributed by atoms with Crippen LogP contribution in [0.5, 0.6) is 0 Å². The van der Waals surface area contributed by atoms with Crippen LogP contribution < -0.4 is 16.4 Å². The monoisotopic (exact) mass is 466 g/mol. The van der Waals surface area contributed by atoms with Crippen LogP contribution in [-0.4, -0.2) is 66.0 Å². The molecular formula is C21H22N8O5. The summed E-state index contributed by atoms with van der Waals surface area (Å²) in [6, 6.07) is 3.97. The van der Waals surface area contributed by atoms with Crippen LogP contribution >= 0.6 is 0 Å². The Morgan fingerprint density at radius 1 is 1.21 bits per heavy atom. The quantitative estimate of drug-likeness (QED) is 0.358. The summed E-state index contributed by atoms with van der Waals surface area (Å²) in [7, 11) is 1.83. The number of nitrogens with zero attached hydrogens (tertiary/aromatic N) is 6. The topological polar surface area (TPSA) is 202 Å². The lowest BCUT2D eigenvalue weighted by atomic mass is 10.1. The maximum absolute atomic E-state index is 12.8. The number of anilines is 3. The average Bonchev–Trinajstić information content (AvgIpc) is 3.09. The van der Waals surface area contributed by atoms with Crippen molar-refractivity contribution in [2.24, 2.45) is 0 Å². The molecule has 1 atom stereocenters. The van der Waals surface area contributed by atoms with E-state index in [1.807, 2.05) is 11.9 Å². The summed E-state index contributed by atoms with van der Waals surface area (Å²) in [5, 5.41) is 18.4. The fourth-order valence-corrected chi connectivity index (χ4v) is 3.88. The number of nitrogen functional groups attached to an aromatic ring is 2. The number of carbonyl (C=O) groups is 3. The van der Waals surface area contributed by atoms with Gasteiger partial charge in [-0.25, -0.2) is 14.8 Å². The van der Waals surface area contributed by atoms with Gasteiger partial charge in [-0.2, -0.15) is 9.97 Å². The number of hydrogen-bond donors (Lipinski definition) is 4. The van der Waals surface area contributed by atoms with E-state index in [4.69, 9.17) is 16.6 Å². The van der Waals surface area contributed by atoms with Gasteiger partial charge in [0.1, 0.15) is 6.04 Å². The van der Waals surface area contributed by atoms with Crippen LogP contribution in [0.15, 0.2) is 24.4 Å². The maximum Gasteiger partial charge on any atom is 0.326 e. The first-order valence-corrected chi connectivity index (χ1v) is 10.3. The van der Waals surface area contributed by atoms with Crippen LogP contribution in [0.1, 0.15) is 34.5 Å². The predicted octanol–water partition coefficient (Wildman–Crippen LogP) is 0.494. The third kappa shape index (κ3) is 4.35. The minimum atomic E-state index is -1.24. The summed E-state index contributed by atoms with van der Waals surface area (Å²) in [5.41, 5.74) is 14.5. The van der Waals surface area contributed by atoms with Crippen molar-refractivity contribution in [3.63, 3.8) is 0 Å². The van der Waals surface area contributed by atoms with Crippen LogP contribution in [0.25, 0.3) is 11.2 Å². The molecule has 0 radical (unpaired) electrons. The van der Waals surface area contributed by atoms with Crippen molar-refractivity contribution in [3.8, 4) is 0 Å². The molecule has 176 valence electrons. The van der Waals surface area contributed by atoms with E-state index in [0.717, 1.165) is 5.69 Å². The lowest BCUT2D eigenvalue weighted by molar-refractivity contribution is -0.143. The molecule has 13 nitrogen and oxygen atoms in total. The molecule has 3 heterocycles. The molecule has 6 N–H and O–H groups in total. The Labute approximate surface area is 193 Å². The molecule has 1 aromatic carbocycles. The number of hydrogen-bond acceptors (Lipinski definition) is 10. The Hall–Kier alpha value is -4.55. The first-order valence-electron chi connectivity index (χ1n) is 10.3. The van der Waals surface area contributed by atoms with Crippen molar-refractivity contribution >= 4 is 46.5 Å². The number of amides is 1. The molecule has 0 spiro atoms. The summed E-state index contributed by atoms with van der Waals surface area (Å²) < 4.78 is 0. The van der Waals surface area contributed by atoms with Gasteiger partial charge in [-0.3, -0.25) is 9.59 Å². The molecule has 13 heteroatoms. The number of fused-ring (bicyclic) bond motifs is 2. The van der Waals surface area contributed by atoms with E-state index in [2.05, 4.69) is 19.9 Å². The van der Waals surface area contributed by atoms with Gasteiger partial charge in [0.05, 0.1) is 18.4 Å². The molecule has 0 bridgehead atoms. The second kappa shape index (κ2) is 8.77. The molecule has 0 unspecified atom stereocenters. The van der Waals surface area contributed by atoms with E-state index in [-0.39, 0.29) is 31.2 Å². The van der Waals surface area contributed by atoms with Crippen molar-refractivity contribution in [1.29, 1.82) is 0 Å². The van der Waals surface area contributed by atoms with Gasteiger partial charge >= 0.3 is 11.9 Å². The Kier molecular flexibility index (Phi) is 5.84. The molecule has 4 rings (SSSR count). The number of carboxylic acid groups (broad SMARTS) is 2. The third-order valence-electron chi connectivity index (χ3n) is 5.55. The van der Waals surface area contributed by atoms with Crippen molar-refractivity contribution in [2.45, 2.75) is 32.0 Å². The normalized spacial score (nSPS) is 13.7. The summed E-state index contributed by atoms with van der Waals surface area (Å²) >= 11 is 0. The highest BCUT2D eigenvalue weighted by Crippen LogP contribution is 2.30. The van der Waals surface area contributed by atoms with Crippen molar-refractivity contribution in [3.05, 3.63) is 41.2 Å². The van der Waals surface area contributed by atoms with Crippen LogP contribution in [0, 0.1) is 0 Å². The van der Waals surface area contributed by atoms with Crippen LogP contribution in [0.2, 0.25) is 0 Å². The van der Waals surface area contributed by atoms with Gasteiger partial charge in [-0.1, -0.05) is 0 Å². The molecular weight excluding hydrogens is 444 g/mol. The molecule has 2 aromatic heterocycles. The zero-order valence-electron chi connectivity index (χ0n) is 18.2. The molecule has 0 aliphatic carbocycles. The molecule has 0 saturated carbocycles. The van der Waals surface area contributed by atoms with Gasteiger partial charge in [0.2, 0.25) is 5.95 Å². The lowest BCUT2D eigenvalue weighted by Gasteiger charge is -2.23. The summed E-state index contributed by atoms with van der Waals surface area (Å²) in [4.78, 5) is 55.1. The number of rotatable bonds is 8. The van der Waals surface area contributed by atoms with E-state index in [9.17, 15) is 19.5 Å². The van der Waals surface area contributed by atoms with E-state index in [0.29, 0.717) is 34.5 Å². The molecule has 1 aliphatic heterocycles. The minimum absolute atomic E-state index is 0.0130. The second-order valence-electron chi connectivity index (χ2n) is 7.92. The van der Waals surface area contributed by atoms with Crippen molar-refractivity contribution in [1.82, 2.24) is 24.8 Å². The van der Waals surface area contributed by atoms with E-state index in [1.54, 1.807) is 24.4 Å². The summed E-state index contributed by atoms with van der Waals surface area (Å²) in [5.74, 6) is -2.64. The highest BCUT2D eigenvalue weighted by atomic mass is 16.4. The van der Waals surface area contributed by atoms with Gasteiger partial charge in [0.15, 0.2) is 17.0 Å². The van der Waals surface area contributed by atoms with Gasteiger partial charge in [-0.15, -0.1) is 0 Å². The van der Waals surface area contributed by atoms with Crippen molar-refractivity contribution < 1.29 is 24.6 Å². The largest absolute Gasteiger partial charge is 0.481 e. The summed E-state index contributed by atoms with van der Waals surface area (Å²) in [6.07, 6.45) is 1.04. The van der Waals surface area contributed by atoms with Gasteiger partial charge in [0.25, 0.3) is 5.91 Å². The Balaban J connectivity index is 1.53. The SMILES string of the molecule is CN(Cc1cnc2nc(N)nc(N)c2n1)c1ccc2c(c1)CN([C@H](CCC(=O)O)C(=O)O)C2=O. The number of nitrogens with two attached hydrogens (primary N) is 2. The Morgan fingerprint density at radius 3 is 2.68 bits per heavy atom. The smallest absolute Gasteiger partial charge is 0.326 e. The Bertz CT molecular complexity index is 1310. The first-order chi connectivity index (χ1) is 16.1. The van der Waals surface area contributed by atoms with E-state index < -0.39 is 23.9 Å². The van der Waals surface area contributed by atoms with Crippen LogP contribution in [-0.2, 0) is 22.7 Å². The number of aliphatic carboxylic acids is 2. The minimum Gasteiger partial charge on any atom is -0.481 e. The van der Waals surface area contributed by atoms with E-state index >= 15 is 0 Å². The van der Waals surface area contributed by atoms with E-state index in [1.165, 1.54) is 4.90 Å². The second-order valence-corrected chi connectivity index (χ2v) is 7.92. The zero-order chi connectivity index (χ0) is 24.6. The number of carboxylic acids is 2. The Morgan fingerprint density at radius 2 is 1.97 bits per heavy atom. The lowest BCUT2D eigenvalue weighted by Crippen LogP contribution is -2.41. The molecule has 0 saturated heterocycles. The zero-order valence-corrected chi connectivity index (χ0v) is 18.2. The van der Waals surface area contributed by atoms with Gasteiger partial charge in [0, 0.05) is 31.3 Å². The molecule has 1 aliphatic rings. The van der Waals surface area contributed by atoms with Crippen LogP contribution in [0.4, 0.5) is 17.5 Å². The standard InChI is InChI=1S/C21H22N8O5/c1-28(9-11-7-24-18-16(25-11)17(22)26-21(23)27-18)12-2-3-13-10(6-12)8-29(19(13)32)14(20(33)34)4-5-15(30)31/h2-3,6-7,14H,4-5,8-9H2,1H3,(H,30,31)(H,33,34)(H4,22,23,24,26,27)/t14-/m1/s1. The number of aromatic nitrogens is 4. The maximum atomic E-state index is 12.8. The fourth-order valence-electron chi connectivity index (χ4n) is 3.88. The number of carbonyl (C=O) groups excluding carboxylic acids is 1. The predicted molar refractivity (Wildman–Crippen MR) is 121 cm³/mol. The molecule has 34 heavy (non-hydrogen) atoms. The first kappa shape index (κ1) is 22.6. The van der Waals surface area contributed by atoms with Gasteiger partial charge in [-0.05, 0) is 30.2 Å². The highest BCUT2D eigenvalue weighted by molar-refractivity contribution is 6.01. The van der Waals surface area contributed by atoms with Gasteiger partial charge < -0.3 is 31.5 Å². The molecule has 3 aromatic rings. The average molecular weight is 466 g/mol.